The molecule has 0 unspecified atom stereocenters. The number of para-hydroxylation sites is 1. The molecule has 9 heteroatoms. The summed E-state index contributed by atoms with van der Waals surface area (Å²) in [5.74, 6) is -1.10. The van der Waals surface area contributed by atoms with Crippen LogP contribution in [-0.4, -0.2) is 50.8 Å². The molecule has 2 aromatic rings. The van der Waals surface area contributed by atoms with Crippen LogP contribution in [-0.2, 0) is 26.0 Å². The van der Waals surface area contributed by atoms with Gasteiger partial charge in [0.25, 0.3) is 5.91 Å². The van der Waals surface area contributed by atoms with Crippen LogP contribution in [0.1, 0.15) is 28.8 Å². The van der Waals surface area contributed by atoms with E-state index in [1.54, 1.807) is 4.90 Å². The molecule has 0 spiro atoms. The monoisotopic (exact) mass is 448 g/mol. The van der Waals surface area contributed by atoms with Gasteiger partial charge in [-0.2, -0.15) is 4.31 Å². The highest BCUT2D eigenvalue weighted by Crippen LogP contribution is 2.29. The SMILES string of the molecule is O=C(OCC(=O)N1CCc2ccccc21)c1ccc(Cl)c(S(=O)(=O)N2CCCC2)c1. The summed E-state index contributed by atoms with van der Waals surface area (Å²) >= 11 is 6.11. The number of benzene rings is 2. The van der Waals surface area contributed by atoms with Crippen molar-refractivity contribution in [2.45, 2.75) is 24.2 Å². The molecule has 2 aliphatic rings. The molecule has 0 atom stereocenters. The van der Waals surface area contributed by atoms with E-state index >= 15 is 0 Å². The van der Waals surface area contributed by atoms with Gasteiger partial charge in [0.15, 0.2) is 6.61 Å². The van der Waals surface area contributed by atoms with E-state index in [0.717, 1.165) is 30.5 Å². The van der Waals surface area contributed by atoms with Gasteiger partial charge in [-0.05, 0) is 49.1 Å². The fourth-order valence-electron chi connectivity index (χ4n) is 3.78. The maximum atomic E-state index is 12.8. The van der Waals surface area contributed by atoms with Crippen LogP contribution in [0.3, 0.4) is 0 Å². The Morgan fingerprint density at radius 3 is 2.53 bits per heavy atom. The molecule has 2 aliphatic heterocycles. The predicted molar refractivity (Wildman–Crippen MR) is 112 cm³/mol. The standard InChI is InChI=1S/C21H21ClN2O5S/c22-17-8-7-16(13-19(17)30(27,28)23-10-3-4-11-23)21(26)29-14-20(25)24-12-9-15-5-1-2-6-18(15)24/h1-2,5-8,13H,3-4,9-12,14H2. The second-order valence-electron chi connectivity index (χ2n) is 7.26. The molecule has 0 bridgehead atoms. The van der Waals surface area contributed by atoms with E-state index in [9.17, 15) is 18.0 Å². The van der Waals surface area contributed by atoms with Gasteiger partial charge in [0.1, 0.15) is 4.90 Å². The molecule has 7 nitrogen and oxygen atoms in total. The Kier molecular flexibility index (Phi) is 5.81. The molecular weight excluding hydrogens is 428 g/mol. The number of rotatable bonds is 5. The number of carbonyl (C=O) groups is 2. The van der Waals surface area contributed by atoms with Crippen LogP contribution >= 0.6 is 11.6 Å². The summed E-state index contributed by atoms with van der Waals surface area (Å²) in [6.07, 6.45) is 2.34. The first kappa shape index (κ1) is 20.8. The molecule has 0 radical (unpaired) electrons. The number of hydrogen-bond acceptors (Lipinski definition) is 5. The van der Waals surface area contributed by atoms with E-state index in [1.807, 2.05) is 24.3 Å². The number of sulfonamides is 1. The Morgan fingerprint density at radius 1 is 1.03 bits per heavy atom. The van der Waals surface area contributed by atoms with Gasteiger partial charge in [0, 0.05) is 25.3 Å². The highest BCUT2D eigenvalue weighted by Gasteiger charge is 2.30. The van der Waals surface area contributed by atoms with E-state index in [1.165, 1.54) is 22.5 Å². The number of halogens is 1. The van der Waals surface area contributed by atoms with Crippen LogP contribution in [0.5, 0.6) is 0 Å². The van der Waals surface area contributed by atoms with Crippen molar-refractivity contribution in [2.75, 3.05) is 31.1 Å². The van der Waals surface area contributed by atoms with Gasteiger partial charge in [-0.15, -0.1) is 0 Å². The second-order valence-corrected chi connectivity index (χ2v) is 9.57. The zero-order valence-electron chi connectivity index (χ0n) is 16.2. The molecule has 0 saturated carbocycles. The van der Waals surface area contributed by atoms with Crippen molar-refractivity contribution in [1.29, 1.82) is 0 Å². The number of fused-ring (bicyclic) bond motifs is 1. The third-order valence-corrected chi connectivity index (χ3v) is 7.74. The summed E-state index contributed by atoms with van der Waals surface area (Å²) in [4.78, 5) is 26.5. The smallest absolute Gasteiger partial charge is 0.338 e. The van der Waals surface area contributed by atoms with Crippen LogP contribution in [0, 0.1) is 0 Å². The minimum atomic E-state index is -3.78. The fourth-order valence-corrected chi connectivity index (χ4v) is 5.80. The van der Waals surface area contributed by atoms with Crippen molar-refractivity contribution < 1.29 is 22.7 Å². The fraction of sp³-hybridized carbons (Fsp3) is 0.333. The summed E-state index contributed by atoms with van der Waals surface area (Å²) < 4.78 is 32.2. The van der Waals surface area contributed by atoms with E-state index in [4.69, 9.17) is 16.3 Å². The third-order valence-electron chi connectivity index (χ3n) is 5.36. The van der Waals surface area contributed by atoms with Gasteiger partial charge in [-0.25, -0.2) is 13.2 Å². The van der Waals surface area contributed by atoms with E-state index < -0.39 is 22.6 Å². The molecule has 1 amide bonds. The van der Waals surface area contributed by atoms with E-state index in [-0.39, 0.29) is 21.4 Å². The first-order valence-corrected chi connectivity index (χ1v) is 11.5. The predicted octanol–water partition coefficient (Wildman–Crippen LogP) is 2.87. The summed E-state index contributed by atoms with van der Waals surface area (Å²) in [5, 5.41) is 0.0446. The van der Waals surface area contributed by atoms with Crippen LogP contribution in [0.25, 0.3) is 0 Å². The first-order chi connectivity index (χ1) is 14.4. The van der Waals surface area contributed by atoms with Crippen molar-refractivity contribution in [3.8, 4) is 0 Å². The van der Waals surface area contributed by atoms with Crippen molar-refractivity contribution in [2.24, 2.45) is 0 Å². The molecular formula is C21H21ClN2O5S. The Morgan fingerprint density at radius 2 is 1.77 bits per heavy atom. The van der Waals surface area contributed by atoms with Crippen LogP contribution < -0.4 is 4.90 Å². The minimum Gasteiger partial charge on any atom is -0.452 e. The zero-order valence-corrected chi connectivity index (χ0v) is 17.8. The van der Waals surface area contributed by atoms with Gasteiger partial charge in [0.05, 0.1) is 10.6 Å². The van der Waals surface area contributed by atoms with Crippen LogP contribution in [0.15, 0.2) is 47.4 Å². The largest absolute Gasteiger partial charge is 0.452 e. The third kappa shape index (κ3) is 3.95. The van der Waals surface area contributed by atoms with Crippen molar-refractivity contribution in [1.82, 2.24) is 4.31 Å². The average molecular weight is 449 g/mol. The Hall–Kier alpha value is -2.42. The number of esters is 1. The zero-order chi connectivity index (χ0) is 21.3. The lowest BCUT2D eigenvalue weighted by atomic mass is 10.2. The number of anilines is 1. The van der Waals surface area contributed by atoms with Gasteiger partial charge in [0.2, 0.25) is 10.0 Å². The molecule has 30 heavy (non-hydrogen) atoms. The molecule has 2 aromatic carbocycles. The summed E-state index contributed by atoms with van der Waals surface area (Å²) in [6.45, 7) is 0.969. The highest BCUT2D eigenvalue weighted by atomic mass is 35.5. The quantitative estimate of drug-likeness (QED) is 0.657. The van der Waals surface area contributed by atoms with Gasteiger partial charge in [-0.3, -0.25) is 4.79 Å². The minimum absolute atomic E-state index is 0.0341. The summed E-state index contributed by atoms with van der Waals surface area (Å²) in [6, 6.07) is 11.6. The van der Waals surface area contributed by atoms with Crippen molar-refractivity contribution in [3.63, 3.8) is 0 Å². The van der Waals surface area contributed by atoms with Gasteiger partial charge in [-0.1, -0.05) is 29.8 Å². The highest BCUT2D eigenvalue weighted by molar-refractivity contribution is 7.89. The van der Waals surface area contributed by atoms with E-state index in [2.05, 4.69) is 0 Å². The molecule has 1 fully saturated rings. The molecule has 2 heterocycles. The van der Waals surface area contributed by atoms with Crippen LogP contribution in [0.4, 0.5) is 5.69 Å². The van der Waals surface area contributed by atoms with E-state index in [0.29, 0.717) is 19.6 Å². The van der Waals surface area contributed by atoms with Crippen molar-refractivity contribution >= 4 is 39.2 Å². The Bertz CT molecular complexity index is 1100. The molecule has 4 rings (SSSR count). The summed E-state index contributed by atoms with van der Waals surface area (Å²) in [7, 11) is -3.78. The second kappa shape index (κ2) is 8.37. The van der Waals surface area contributed by atoms with Crippen molar-refractivity contribution in [3.05, 3.63) is 58.6 Å². The lowest BCUT2D eigenvalue weighted by Gasteiger charge is -2.18. The lowest BCUT2D eigenvalue weighted by molar-refractivity contribution is -0.121. The average Bonchev–Trinajstić information content (AvgIpc) is 3.42. The maximum absolute atomic E-state index is 12.8. The molecule has 1 saturated heterocycles. The topological polar surface area (TPSA) is 84.0 Å². The lowest BCUT2D eigenvalue weighted by Crippen LogP contribution is -2.33. The van der Waals surface area contributed by atoms with Crippen LogP contribution in [0.2, 0.25) is 5.02 Å². The number of carbonyl (C=O) groups excluding carboxylic acids is 2. The molecule has 0 aromatic heterocycles. The normalized spacial score (nSPS) is 16.5. The molecule has 158 valence electrons. The Labute approximate surface area is 180 Å². The maximum Gasteiger partial charge on any atom is 0.338 e. The van der Waals surface area contributed by atoms with Gasteiger partial charge >= 0.3 is 5.97 Å². The van der Waals surface area contributed by atoms with Gasteiger partial charge < -0.3 is 9.64 Å². The number of nitrogens with zero attached hydrogens (tertiary/aromatic N) is 2. The number of ether oxygens (including phenoxy) is 1. The molecule has 0 aliphatic carbocycles. The summed E-state index contributed by atoms with van der Waals surface area (Å²) in [5.41, 5.74) is 1.93. The Balaban J connectivity index is 1.46. The first-order valence-electron chi connectivity index (χ1n) is 9.73. The molecule has 0 N–H and O–H groups in total. The number of hydrogen-bond donors (Lipinski definition) is 0. The number of amides is 1.